The van der Waals surface area contributed by atoms with Crippen LogP contribution in [-0.2, 0) is 4.74 Å². The number of nitrogens with zero attached hydrogens (tertiary/aromatic N) is 2. The Bertz CT molecular complexity index is 360. The summed E-state index contributed by atoms with van der Waals surface area (Å²) in [5.41, 5.74) is 0. The van der Waals surface area contributed by atoms with E-state index in [1.54, 1.807) is 0 Å². The van der Waals surface area contributed by atoms with Gasteiger partial charge in [-0.1, -0.05) is 6.92 Å². The summed E-state index contributed by atoms with van der Waals surface area (Å²) in [7, 11) is 0. The largest absolute Gasteiger partial charge is 0.373 e. The van der Waals surface area contributed by atoms with Crippen molar-refractivity contribution in [3.63, 3.8) is 0 Å². The van der Waals surface area contributed by atoms with Crippen molar-refractivity contribution < 1.29 is 4.74 Å². The molecule has 5 heteroatoms. The monoisotopic (exact) mass is 280 g/mol. The Kier molecular flexibility index (Phi) is 4.46. The Morgan fingerprint density at radius 2 is 2.30 bits per heavy atom. The predicted molar refractivity (Wildman–Crippen MR) is 81.0 cm³/mol. The first-order valence-corrected chi connectivity index (χ1v) is 8.16. The predicted octanol–water partition coefficient (Wildman–Crippen LogP) is 0.813. The lowest BCUT2D eigenvalue weighted by Gasteiger charge is -2.34. The summed E-state index contributed by atoms with van der Waals surface area (Å²) in [6.07, 6.45) is 4.16. The van der Waals surface area contributed by atoms with E-state index in [1.807, 2.05) is 0 Å². The lowest BCUT2D eigenvalue weighted by Crippen LogP contribution is -2.47. The number of guanidine groups is 1. The lowest BCUT2D eigenvalue weighted by molar-refractivity contribution is -0.0432. The Morgan fingerprint density at radius 3 is 3.05 bits per heavy atom. The highest BCUT2D eigenvalue weighted by atomic mass is 16.5. The summed E-state index contributed by atoms with van der Waals surface area (Å²) in [6.45, 7) is 9.24. The third kappa shape index (κ3) is 3.44. The van der Waals surface area contributed by atoms with Crippen molar-refractivity contribution in [3.05, 3.63) is 0 Å². The maximum absolute atomic E-state index is 5.96. The van der Waals surface area contributed by atoms with Gasteiger partial charge < -0.3 is 15.4 Å². The topological polar surface area (TPSA) is 48.9 Å². The van der Waals surface area contributed by atoms with Crippen LogP contribution in [0.4, 0.5) is 0 Å². The zero-order valence-corrected chi connectivity index (χ0v) is 12.8. The van der Waals surface area contributed by atoms with Crippen molar-refractivity contribution >= 4 is 5.96 Å². The van der Waals surface area contributed by atoms with E-state index in [2.05, 4.69) is 29.4 Å². The van der Waals surface area contributed by atoms with Crippen molar-refractivity contribution in [3.8, 4) is 0 Å². The number of hydrogen-bond donors (Lipinski definition) is 2. The molecule has 4 unspecified atom stereocenters. The molecule has 4 atom stereocenters. The molecule has 0 amide bonds. The molecule has 3 fully saturated rings. The molecule has 0 spiro atoms. The Morgan fingerprint density at radius 1 is 1.45 bits per heavy atom. The highest BCUT2D eigenvalue weighted by Crippen LogP contribution is 2.28. The zero-order valence-electron chi connectivity index (χ0n) is 12.8. The third-order valence-electron chi connectivity index (χ3n) is 4.69. The van der Waals surface area contributed by atoms with E-state index in [1.165, 1.54) is 25.8 Å². The normalized spacial score (nSPS) is 37.6. The van der Waals surface area contributed by atoms with Crippen LogP contribution in [0.2, 0.25) is 0 Å². The summed E-state index contributed by atoms with van der Waals surface area (Å²) in [5, 5.41) is 6.83. The summed E-state index contributed by atoms with van der Waals surface area (Å²) < 4.78 is 5.96. The number of hydrogen-bond acceptors (Lipinski definition) is 3. The molecule has 3 aliphatic rings. The summed E-state index contributed by atoms with van der Waals surface area (Å²) in [4.78, 5) is 7.29. The molecule has 0 aromatic heterocycles. The molecule has 0 radical (unpaired) electrons. The van der Waals surface area contributed by atoms with Gasteiger partial charge in [-0.15, -0.1) is 0 Å². The second-order valence-electron chi connectivity index (χ2n) is 6.43. The van der Waals surface area contributed by atoms with Crippen LogP contribution in [0.5, 0.6) is 0 Å². The average Bonchev–Trinajstić information content (AvgIpc) is 2.95. The van der Waals surface area contributed by atoms with Crippen LogP contribution in [0.15, 0.2) is 4.99 Å². The van der Waals surface area contributed by atoms with Crippen LogP contribution in [0.3, 0.4) is 0 Å². The smallest absolute Gasteiger partial charge is 0.191 e. The molecule has 2 saturated heterocycles. The SMILES string of the molecule is CCNC(=NCC1CN2CCCC2CO1)NC1CC1C. The lowest BCUT2D eigenvalue weighted by atomic mass is 10.2. The highest BCUT2D eigenvalue weighted by Gasteiger charge is 2.34. The van der Waals surface area contributed by atoms with Crippen molar-refractivity contribution in [2.24, 2.45) is 10.9 Å². The van der Waals surface area contributed by atoms with Gasteiger partial charge in [-0.25, -0.2) is 0 Å². The fourth-order valence-corrected chi connectivity index (χ4v) is 3.21. The van der Waals surface area contributed by atoms with E-state index >= 15 is 0 Å². The minimum Gasteiger partial charge on any atom is -0.373 e. The molecule has 1 aliphatic carbocycles. The van der Waals surface area contributed by atoms with Gasteiger partial charge in [0, 0.05) is 25.2 Å². The van der Waals surface area contributed by atoms with Crippen molar-refractivity contribution in [2.75, 3.05) is 32.8 Å². The van der Waals surface area contributed by atoms with Crippen molar-refractivity contribution in [1.82, 2.24) is 15.5 Å². The van der Waals surface area contributed by atoms with E-state index in [-0.39, 0.29) is 6.10 Å². The summed E-state index contributed by atoms with van der Waals surface area (Å²) >= 11 is 0. The quantitative estimate of drug-likeness (QED) is 0.591. The molecule has 20 heavy (non-hydrogen) atoms. The Hall–Kier alpha value is -0.810. The first-order chi connectivity index (χ1) is 9.76. The fourth-order valence-electron chi connectivity index (χ4n) is 3.21. The molecule has 2 aliphatic heterocycles. The minimum absolute atomic E-state index is 0.261. The molecule has 5 nitrogen and oxygen atoms in total. The van der Waals surface area contributed by atoms with Gasteiger partial charge in [-0.05, 0) is 38.6 Å². The molecule has 1 saturated carbocycles. The number of nitrogens with one attached hydrogen (secondary N) is 2. The number of ether oxygens (including phenoxy) is 1. The van der Waals surface area contributed by atoms with E-state index in [0.29, 0.717) is 12.1 Å². The molecule has 114 valence electrons. The van der Waals surface area contributed by atoms with Crippen LogP contribution >= 0.6 is 0 Å². The molecule has 3 rings (SSSR count). The molecule has 0 aromatic rings. The van der Waals surface area contributed by atoms with Crippen LogP contribution in [0.1, 0.15) is 33.1 Å². The van der Waals surface area contributed by atoms with Gasteiger partial charge in [0.1, 0.15) is 0 Å². The third-order valence-corrected chi connectivity index (χ3v) is 4.69. The summed E-state index contributed by atoms with van der Waals surface area (Å²) in [5.74, 6) is 1.74. The fraction of sp³-hybridized carbons (Fsp3) is 0.933. The molecule has 0 aromatic carbocycles. The second-order valence-corrected chi connectivity index (χ2v) is 6.43. The highest BCUT2D eigenvalue weighted by molar-refractivity contribution is 5.80. The van der Waals surface area contributed by atoms with Gasteiger partial charge in [-0.3, -0.25) is 9.89 Å². The summed E-state index contributed by atoms with van der Waals surface area (Å²) in [6, 6.07) is 1.29. The first kappa shape index (κ1) is 14.1. The molecular weight excluding hydrogens is 252 g/mol. The number of aliphatic imine (C=N–C) groups is 1. The molecule has 2 N–H and O–H groups in total. The maximum atomic E-state index is 5.96. The van der Waals surface area contributed by atoms with E-state index < -0.39 is 0 Å². The van der Waals surface area contributed by atoms with Gasteiger partial charge in [0.2, 0.25) is 0 Å². The Labute approximate surface area is 122 Å². The van der Waals surface area contributed by atoms with E-state index in [9.17, 15) is 0 Å². The molecule has 0 bridgehead atoms. The van der Waals surface area contributed by atoms with Crippen molar-refractivity contribution in [2.45, 2.75) is 51.3 Å². The van der Waals surface area contributed by atoms with Crippen LogP contribution in [-0.4, -0.2) is 61.8 Å². The number of rotatable bonds is 4. The van der Waals surface area contributed by atoms with Crippen molar-refractivity contribution in [1.29, 1.82) is 0 Å². The number of fused-ring (bicyclic) bond motifs is 1. The average molecular weight is 280 g/mol. The van der Waals surface area contributed by atoms with Gasteiger partial charge in [0.15, 0.2) is 5.96 Å². The zero-order chi connectivity index (χ0) is 13.9. The Balaban J connectivity index is 1.48. The van der Waals surface area contributed by atoms with E-state index in [4.69, 9.17) is 9.73 Å². The van der Waals surface area contributed by atoms with E-state index in [0.717, 1.165) is 38.1 Å². The van der Waals surface area contributed by atoms with Gasteiger partial charge in [0.25, 0.3) is 0 Å². The first-order valence-electron chi connectivity index (χ1n) is 8.16. The van der Waals surface area contributed by atoms with Gasteiger partial charge in [-0.2, -0.15) is 0 Å². The van der Waals surface area contributed by atoms with Gasteiger partial charge >= 0.3 is 0 Å². The molecular formula is C15H28N4O. The number of morpholine rings is 1. The minimum atomic E-state index is 0.261. The maximum Gasteiger partial charge on any atom is 0.191 e. The van der Waals surface area contributed by atoms with Gasteiger partial charge in [0.05, 0.1) is 19.3 Å². The second kappa shape index (κ2) is 6.31. The van der Waals surface area contributed by atoms with Crippen LogP contribution in [0, 0.1) is 5.92 Å². The molecule has 2 heterocycles. The van der Waals surface area contributed by atoms with Crippen LogP contribution in [0.25, 0.3) is 0 Å². The standard InChI is InChI=1S/C15H28N4O/c1-3-16-15(18-14-7-11(14)2)17-8-13-9-19-6-4-5-12(19)10-20-13/h11-14H,3-10H2,1-2H3,(H2,16,17,18). The van der Waals surface area contributed by atoms with Crippen LogP contribution < -0.4 is 10.6 Å².